The Balaban J connectivity index is 2.51. The molecule has 0 N–H and O–H groups in total. The van der Waals surface area contributed by atoms with E-state index in [0.29, 0.717) is 0 Å². The first-order chi connectivity index (χ1) is 5.88. The topological polar surface area (TPSA) is 26.0 Å². The van der Waals surface area contributed by atoms with E-state index < -0.39 is 0 Å². The van der Waals surface area contributed by atoms with E-state index in [1.54, 1.807) is 6.20 Å². The maximum atomic E-state index is 5.05. The van der Waals surface area contributed by atoms with Crippen molar-refractivity contribution in [2.45, 2.75) is 0 Å². The highest BCUT2D eigenvalue weighted by molar-refractivity contribution is 9.10. The molecule has 12 heavy (non-hydrogen) atoms. The number of rotatable bonds is 1. The summed E-state index contributed by atoms with van der Waals surface area (Å²) in [5.74, 6) is 0.774. The van der Waals surface area contributed by atoms with E-state index in [1.165, 1.54) is 0 Å². The zero-order valence-corrected chi connectivity index (χ0v) is 7.78. The molecule has 1 heterocycles. The van der Waals surface area contributed by atoms with Gasteiger partial charge in [-0.25, -0.2) is 0 Å². The minimum atomic E-state index is 0.774. The van der Waals surface area contributed by atoms with Crippen LogP contribution < -0.4 is 0 Å². The Bertz CT molecular complexity index is 369. The number of halogens is 1. The Kier molecular flexibility index (Phi) is 1.96. The first kappa shape index (κ1) is 7.55. The Morgan fingerprint density at radius 3 is 2.50 bits per heavy atom. The standard InChI is InChI=1S/C9H6BrNO/c10-8-6-11-12-9(8)7-4-2-1-3-5-7/h1-6H. The van der Waals surface area contributed by atoms with Gasteiger partial charge in [0.2, 0.25) is 0 Å². The van der Waals surface area contributed by atoms with Gasteiger partial charge in [0, 0.05) is 5.56 Å². The van der Waals surface area contributed by atoms with Crippen molar-refractivity contribution in [1.82, 2.24) is 5.16 Å². The fraction of sp³-hybridized carbons (Fsp3) is 0. The molecule has 0 aliphatic carbocycles. The molecule has 0 bridgehead atoms. The molecule has 0 atom stereocenters. The maximum absolute atomic E-state index is 5.05. The maximum Gasteiger partial charge on any atom is 0.180 e. The van der Waals surface area contributed by atoms with Crippen molar-refractivity contribution in [2.75, 3.05) is 0 Å². The predicted molar refractivity (Wildman–Crippen MR) is 49.6 cm³/mol. The molecular weight excluding hydrogens is 218 g/mol. The lowest BCUT2D eigenvalue weighted by molar-refractivity contribution is 0.432. The van der Waals surface area contributed by atoms with Gasteiger partial charge in [-0.2, -0.15) is 0 Å². The highest BCUT2D eigenvalue weighted by Gasteiger charge is 2.06. The van der Waals surface area contributed by atoms with Gasteiger partial charge in [0.25, 0.3) is 0 Å². The van der Waals surface area contributed by atoms with E-state index in [0.717, 1.165) is 15.8 Å². The van der Waals surface area contributed by atoms with E-state index in [9.17, 15) is 0 Å². The zero-order valence-electron chi connectivity index (χ0n) is 6.20. The molecule has 0 saturated carbocycles. The zero-order chi connectivity index (χ0) is 8.39. The lowest BCUT2D eigenvalue weighted by Crippen LogP contribution is -1.71. The second-order valence-corrected chi connectivity index (χ2v) is 3.22. The molecule has 0 aliphatic rings. The quantitative estimate of drug-likeness (QED) is 0.743. The summed E-state index contributed by atoms with van der Waals surface area (Å²) in [5.41, 5.74) is 1.03. The smallest absolute Gasteiger partial charge is 0.180 e. The fourth-order valence-corrected chi connectivity index (χ4v) is 1.39. The predicted octanol–water partition coefficient (Wildman–Crippen LogP) is 3.10. The number of hydrogen-bond acceptors (Lipinski definition) is 2. The van der Waals surface area contributed by atoms with E-state index in [4.69, 9.17) is 4.52 Å². The van der Waals surface area contributed by atoms with Crippen LogP contribution in [0.4, 0.5) is 0 Å². The molecule has 1 aromatic carbocycles. The van der Waals surface area contributed by atoms with Crippen molar-refractivity contribution in [3.63, 3.8) is 0 Å². The first-order valence-electron chi connectivity index (χ1n) is 3.53. The monoisotopic (exact) mass is 223 g/mol. The number of aromatic nitrogens is 1. The molecular formula is C9H6BrNO. The Morgan fingerprint density at radius 1 is 1.17 bits per heavy atom. The van der Waals surface area contributed by atoms with Crippen LogP contribution in [0.3, 0.4) is 0 Å². The number of benzene rings is 1. The third kappa shape index (κ3) is 1.28. The van der Waals surface area contributed by atoms with Gasteiger partial charge in [-0.15, -0.1) is 0 Å². The van der Waals surface area contributed by atoms with Gasteiger partial charge in [-0.3, -0.25) is 0 Å². The van der Waals surface area contributed by atoms with Gasteiger partial charge in [-0.05, 0) is 15.9 Å². The summed E-state index contributed by atoms with van der Waals surface area (Å²) in [6.45, 7) is 0. The van der Waals surface area contributed by atoms with E-state index >= 15 is 0 Å². The molecule has 0 spiro atoms. The molecule has 1 aromatic heterocycles. The van der Waals surface area contributed by atoms with Crippen LogP contribution in [0.25, 0.3) is 11.3 Å². The van der Waals surface area contributed by atoms with E-state index in [-0.39, 0.29) is 0 Å². The van der Waals surface area contributed by atoms with E-state index in [2.05, 4.69) is 21.1 Å². The van der Waals surface area contributed by atoms with Gasteiger partial charge < -0.3 is 4.52 Å². The van der Waals surface area contributed by atoms with Crippen molar-refractivity contribution in [3.8, 4) is 11.3 Å². The third-order valence-electron chi connectivity index (χ3n) is 1.56. The van der Waals surface area contributed by atoms with Crippen molar-refractivity contribution in [3.05, 3.63) is 41.0 Å². The minimum Gasteiger partial charge on any atom is -0.355 e. The molecule has 0 unspecified atom stereocenters. The van der Waals surface area contributed by atoms with Crippen LogP contribution in [0.5, 0.6) is 0 Å². The van der Waals surface area contributed by atoms with Crippen molar-refractivity contribution in [1.29, 1.82) is 0 Å². The molecule has 2 aromatic rings. The summed E-state index contributed by atoms with van der Waals surface area (Å²) in [5, 5.41) is 3.68. The van der Waals surface area contributed by atoms with E-state index in [1.807, 2.05) is 30.3 Å². The molecule has 0 fully saturated rings. The lowest BCUT2D eigenvalue weighted by Gasteiger charge is -1.93. The van der Waals surface area contributed by atoms with Crippen LogP contribution in [0.2, 0.25) is 0 Å². The average molecular weight is 224 g/mol. The average Bonchev–Trinajstić information content (AvgIpc) is 2.53. The largest absolute Gasteiger partial charge is 0.355 e. The Morgan fingerprint density at radius 2 is 1.92 bits per heavy atom. The number of hydrogen-bond donors (Lipinski definition) is 0. The molecule has 0 radical (unpaired) electrons. The van der Waals surface area contributed by atoms with Crippen LogP contribution in [0.15, 0.2) is 45.5 Å². The van der Waals surface area contributed by atoms with Gasteiger partial charge in [0.15, 0.2) is 5.76 Å². The summed E-state index contributed by atoms with van der Waals surface area (Å²) < 4.78 is 5.94. The summed E-state index contributed by atoms with van der Waals surface area (Å²) in [6.07, 6.45) is 1.64. The second kappa shape index (κ2) is 3.11. The van der Waals surface area contributed by atoms with Crippen LogP contribution in [0.1, 0.15) is 0 Å². The molecule has 0 saturated heterocycles. The molecule has 2 nitrogen and oxygen atoms in total. The summed E-state index contributed by atoms with van der Waals surface area (Å²) in [4.78, 5) is 0. The SMILES string of the molecule is Brc1cnoc1-c1ccccc1. The van der Waals surface area contributed by atoms with Gasteiger partial charge >= 0.3 is 0 Å². The third-order valence-corrected chi connectivity index (χ3v) is 2.13. The van der Waals surface area contributed by atoms with Crippen molar-refractivity contribution >= 4 is 15.9 Å². The highest BCUT2D eigenvalue weighted by atomic mass is 79.9. The molecule has 3 heteroatoms. The Hall–Kier alpha value is -1.09. The lowest BCUT2D eigenvalue weighted by atomic mass is 10.2. The number of nitrogens with zero attached hydrogens (tertiary/aromatic N) is 1. The summed E-state index contributed by atoms with van der Waals surface area (Å²) in [7, 11) is 0. The van der Waals surface area contributed by atoms with Gasteiger partial charge in [-0.1, -0.05) is 35.5 Å². The van der Waals surface area contributed by atoms with Crippen LogP contribution >= 0.6 is 15.9 Å². The fourth-order valence-electron chi connectivity index (χ4n) is 1.01. The summed E-state index contributed by atoms with van der Waals surface area (Å²) in [6, 6.07) is 9.85. The highest BCUT2D eigenvalue weighted by Crippen LogP contribution is 2.26. The van der Waals surface area contributed by atoms with Gasteiger partial charge in [0.05, 0.1) is 10.7 Å². The van der Waals surface area contributed by atoms with Crippen LogP contribution in [-0.2, 0) is 0 Å². The van der Waals surface area contributed by atoms with Crippen molar-refractivity contribution < 1.29 is 4.52 Å². The molecule has 2 rings (SSSR count). The Labute approximate surface area is 78.3 Å². The van der Waals surface area contributed by atoms with Crippen LogP contribution in [0, 0.1) is 0 Å². The normalized spacial score (nSPS) is 10.1. The molecule has 0 amide bonds. The molecule has 60 valence electrons. The summed E-state index contributed by atoms with van der Waals surface area (Å²) >= 11 is 3.35. The van der Waals surface area contributed by atoms with Gasteiger partial charge in [0.1, 0.15) is 0 Å². The minimum absolute atomic E-state index is 0.774. The molecule has 0 aliphatic heterocycles. The second-order valence-electron chi connectivity index (χ2n) is 2.37. The van der Waals surface area contributed by atoms with Crippen molar-refractivity contribution in [2.24, 2.45) is 0 Å². The van der Waals surface area contributed by atoms with Crippen LogP contribution in [-0.4, -0.2) is 5.16 Å². The first-order valence-corrected chi connectivity index (χ1v) is 4.33.